The highest BCUT2D eigenvalue weighted by molar-refractivity contribution is 7.90. The maximum Gasteiger partial charge on any atom is 0.285 e. The molecule has 0 saturated carbocycles. The Bertz CT molecular complexity index is 1150. The first-order valence-electron chi connectivity index (χ1n) is 8.95. The van der Waals surface area contributed by atoms with Gasteiger partial charge in [-0.15, -0.1) is 4.40 Å². The number of nitrogens with zero attached hydrogens (tertiary/aromatic N) is 4. The number of nitrogens with one attached hydrogen (secondary N) is 2. The van der Waals surface area contributed by atoms with Gasteiger partial charge in [-0.3, -0.25) is 9.48 Å². The monoisotopic (exact) mass is 410 g/mol. The summed E-state index contributed by atoms with van der Waals surface area (Å²) in [6.07, 6.45) is 3.84. The van der Waals surface area contributed by atoms with Gasteiger partial charge in [-0.25, -0.2) is 4.98 Å². The highest BCUT2D eigenvalue weighted by Gasteiger charge is 2.28. The third-order valence-corrected chi connectivity index (χ3v) is 5.69. The Morgan fingerprint density at radius 2 is 1.86 bits per heavy atom. The molecule has 0 spiro atoms. The Labute approximate surface area is 167 Å². The van der Waals surface area contributed by atoms with Crippen molar-refractivity contribution < 1.29 is 13.2 Å². The van der Waals surface area contributed by atoms with Gasteiger partial charge in [0.25, 0.3) is 15.9 Å². The maximum atomic E-state index is 12.2. The molecule has 1 aromatic heterocycles. The van der Waals surface area contributed by atoms with Crippen molar-refractivity contribution in [2.45, 2.75) is 17.9 Å². The topological polar surface area (TPSA) is 118 Å². The van der Waals surface area contributed by atoms with Crippen molar-refractivity contribution in [3.05, 3.63) is 72.3 Å². The minimum atomic E-state index is -3.67. The number of anilines is 1. The quantitative estimate of drug-likeness (QED) is 0.597. The van der Waals surface area contributed by atoms with E-state index in [0.29, 0.717) is 29.9 Å². The number of amides is 1. The van der Waals surface area contributed by atoms with Crippen molar-refractivity contribution in [3.8, 4) is 0 Å². The molecule has 148 valence electrons. The van der Waals surface area contributed by atoms with E-state index in [4.69, 9.17) is 0 Å². The van der Waals surface area contributed by atoms with Crippen LogP contribution in [0.15, 0.2) is 70.5 Å². The number of aromatic nitrogens is 3. The summed E-state index contributed by atoms with van der Waals surface area (Å²) in [5.74, 6) is 0.0900. The minimum Gasteiger partial charge on any atom is -0.352 e. The molecule has 1 aliphatic heterocycles. The van der Waals surface area contributed by atoms with Crippen LogP contribution >= 0.6 is 0 Å². The Balaban J connectivity index is 1.35. The van der Waals surface area contributed by atoms with Crippen molar-refractivity contribution in [1.82, 2.24) is 20.1 Å². The second-order valence-corrected chi connectivity index (χ2v) is 7.95. The molecule has 0 atom stereocenters. The van der Waals surface area contributed by atoms with Crippen LogP contribution in [0.5, 0.6) is 0 Å². The largest absolute Gasteiger partial charge is 0.352 e. The number of aryl methyl sites for hydroxylation is 1. The van der Waals surface area contributed by atoms with Crippen LogP contribution in [-0.4, -0.2) is 41.5 Å². The zero-order valence-electron chi connectivity index (χ0n) is 15.3. The summed E-state index contributed by atoms with van der Waals surface area (Å²) in [4.78, 5) is 16.3. The zero-order chi connectivity index (χ0) is 20.3. The van der Waals surface area contributed by atoms with Crippen LogP contribution in [0.25, 0.3) is 0 Å². The van der Waals surface area contributed by atoms with Gasteiger partial charge in [-0.05, 0) is 42.8 Å². The summed E-state index contributed by atoms with van der Waals surface area (Å²) in [6, 6.07) is 13.4. The molecule has 0 radical (unpaired) electrons. The van der Waals surface area contributed by atoms with Crippen molar-refractivity contribution in [1.29, 1.82) is 0 Å². The number of amidine groups is 1. The third kappa shape index (κ3) is 4.16. The van der Waals surface area contributed by atoms with Gasteiger partial charge >= 0.3 is 0 Å². The van der Waals surface area contributed by atoms with Gasteiger partial charge in [-0.1, -0.05) is 12.1 Å². The lowest BCUT2D eigenvalue weighted by Crippen LogP contribution is -2.25. The highest BCUT2D eigenvalue weighted by atomic mass is 32.2. The number of carbonyl (C=O) groups excluding carboxylic acids is 1. The maximum absolute atomic E-state index is 12.2. The van der Waals surface area contributed by atoms with Crippen LogP contribution < -0.4 is 10.6 Å². The molecule has 0 unspecified atom stereocenters. The molecule has 10 heteroatoms. The summed E-state index contributed by atoms with van der Waals surface area (Å²) in [7, 11) is -3.67. The molecular weight excluding hydrogens is 392 g/mol. The van der Waals surface area contributed by atoms with Crippen LogP contribution in [0.4, 0.5) is 5.69 Å². The van der Waals surface area contributed by atoms with Crippen molar-refractivity contribution >= 4 is 27.5 Å². The predicted molar refractivity (Wildman–Crippen MR) is 107 cm³/mol. The molecule has 9 nitrogen and oxygen atoms in total. The van der Waals surface area contributed by atoms with E-state index in [1.54, 1.807) is 53.5 Å². The SMILES string of the molecule is O=C(NCCCn1cncn1)c1ccc(NC2=NS(=O)(=O)c3ccccc32)cc1. The summed E-state index contributed by atoms with van der Waals surface area (Å²) in [5.41, 5.74) is 1.68. The number of hydrogen-bond acceptors (Lipinski definition) is 6. The molecule has 2 aromatic carbocycles. The van der Waals surface area contributed by atoms with Crippen molar-refractivity contribution in [2.75, 3.05) is 11.9 Å². The summed E-state index contributed by atoms with van der Waals surface area (Å²) >= 11 is 0. The Morgan fingerprint density at radius 1 is 1.07 bits per heavy atom. The van der Waals surface area contributed by atoms with E-state index >= 15 is 0 Å². The first-order chi connectivity index (χ1) is 14.0. The van der Waals surface area contributed by atoms with Gasteiger partial charge in [-0.2, -0.15) is 13.5 Å². The molecule has 0 fully saturated rings. The van der Waals surface area contributed by atoms with Gasteiger partial charge in [0.2, 0.25) is 0 Å². The fraction of sp³-hybridized carbons (Fsp3) is 0.158. The second-order valence-electron chi connectivity index (χ2n) is 6.38. The van der Waals surface area contributed by atoms with E-state index in [-0.39, 0.29) is 16.6 Å². The number of fused-ring (bicyclic) bond motifs is 1. The average molecular weight is 410 g/mol. The van der Waals surface area contributed by atoms with E-state index in [2.05, 4.69) is 25.1 Å². The van der Waals surface area contributed by atoms with Crippen molar-refractivity contribution in [2.24, 2.45) is 4.40 Å². The van der Waals surface area contributed by atoms with Crippen LogP contribution in [0.1, 0.15) is 22.3 Å². The molecule has 3 aromatic rings. The molecule has 4 rings (SSSR count). The molecule has 1 aliphatic rings. The first kappa shape index (κ1) is 18.8. The van der Waals surface area contributed by atoms with E-state index in [1.807, 2.05) is 0 Å². The normalized spacial score (nSPS) is 14.1. The molecule has 2 N–H and O–H groups in total. The molecule has 0 aliphatic carbocycles. The van der Waals surface area contributed by atoms with E-state index in [9.17, 15) is 13.2 Å². The third-order valence-electron chi connectivity index (χ3n) is 4.36. The molecule has 2 heterocycles. The molecule has 0 saturated heterocycles. The number of benzene rings is 2. The lowest BCUT2D eigenvalue weighted by molar-refractivity contribution is 0.0952. The molecule has 0 bridgehead atoms. The zero-order valence-corrected chi connectivity index (χ0v) is 16.1. The van der Waals surface area contributed by atoms with Gasteiger partial charge in [0, 0.05) is 29.9 Å². The van der Waals surface area contributed by atoms with Gasteiger partial charge < -0.3 is 10.6 Å². The average Bonchev–Trinajstić information content (AvgIpc) is 3.32. The van der Waals surface area contributed by atoms with Crippen LogP contribution in [-0.2, 0) is 16.6 Å². The lowest BCUT2D eigenvalue weighted by atomic mass is 10.1. The van der Waals surface area contributed by atoms with Gasteiger partial charge in [0.15, 0.2) is 5.84 Å². The predicted octanol–water partition coefficient (Wildman–Crippen LogP) is 1.66. The molecular formula is C19H18N6O3S. The van der Waals surface area contributed by atoms with E-state index in [1.165, 1.54) is 12.4 Å². The number of carbonyl (C=O) groups is 1. The fourth-order valence-electron chi connectivity index (χ4n) is 2.93. The first-order valence-corrected chi connectivity index (χ1v) is 10.4. The smallest absolute Gasteiger partial charge is 0.285 e. The Kier molecular flexibility index (Phi) is 5.09. The summed E-state index contributed by atoms with van der Waals surface area (Å²) in [5, 5.41) is 9.87. The fourth-order valence-corrected chi connectivity index (χ4v) is 4.11. The molecule has 29 heavy (non-hydrogen) atoms. The second kappa shape index (κ2) is 7.84. The summed E-state index contributed by atoms with van der Waals surface area (Å²) < 4.78 is 29.7. The standard InChI is InChI=1S/C19H18N6O3S/c26-19(21-10-3-11-25-13-20-12-22-25)14-6-8-15(9-7-14)23-18-16-4-1-2-5-17(16)29(27,28)24-18/h1-2,4-9,12-13H,3,10-11H2,(H,21,26)(H,23,24). The Hall–Kier alpha value is -3.53. The minimum absolute atomic E-state index is 0.179. The number of rotatable bonds is 6. The lowest BCUT2D eigenvalue weighted by Gasteiger charge is -2.08. The van der Waals surface area contributed by atoms with E-state index in [0.717, 1.165) is 6.42 Å². The number of hydrogen-bond donors (Lipinski definition) is 2. The van der Waals surface area contributed by atoms with Crippen LogP contribution in [0.2, 0.25) is 0 Å². The Morgan fingerprint density at radius 3 is 2.62 bits per heavy atom. The highest BCUT2D eigenvalue weighted by Crippen LogP contribution is 2.26. The number of sulfonamides is 1. The molecule has 1 amide bonds. The van der Waals surface area contributed by atoms with Gasteiger partial charge in [0.1, 0.15) is 17.6 Å². The van der Waals surface area contributed by atoms with Crippen LogP contribution in [0, 0.1) is 0 Å². The van der Waals surface area contributed by atoms with Crippen molar-refractivity contribution in [3.63, 3.8) is 0 Å². The van der Waals surface area contributed by atoms with E-state index < -0.39 is 10.0 Å². The van der Waals surface area contributed by atoms with Crippen LogP contribution in [0.3, 0.4) is 0 Å². The summed E-state index contributed by atoms with van der Waals surface area (Å²) in [6.45, 7) is 1.19. The van der Waals surface area contributed by atoms with Gasteiger partial charge in [0.05, 0.1) is 0 Å².